The summed E-state index contributed by atoms with van der Waals surface area (Å²) in [6.07, 6.45) is -1.20. The van der Waals surface area contributed by atoms with E-state index in [4.69, 9.17) is 9.84 Å². The van der Waals surface area contributed by atoms with E-state index in [-0.39, 0.29) is 37.5 Å². The fourth-order valence-electron chi connectivity index (χ4n) is 3.28. The quantitative estimate of drug-likeness (QED) is 0.890. The number of amides is 1. The van der Waals surface area contributed by atoms with Gasteiger partial charge in [0.2, 0.25) is 0 Å². The Morgan fingerprint density at radius 1 is 1.38 bits per heavy atom. The molecule has 2 aliphatic rings. The molecule has 1 amide bonds. The van der Waals surface area contributed by atoms with Gasteiger partial charge >= 0.3 is 6.09 Å². The third-order valence-corrected chi connectivity index (χ3v) is 6.35. The lowest BCUT2D eigenvalue weighted by molar-refractivity contribution is 0.0963. The van der Waals surface area contributed by atoms with Gasteiger partial charge in [-0.2, -0.15) is 0 Å². The maximum Gasteiger partial charge on any atom is 0.414 e. The number of sulfone groups is 1. The van der Waals surface area contributed by atoms with Gasteiger partial charge in [0.05, 0.1) is 24.7 Å². The number of carbonyl (C=O) groups is 1. The lowest BCUT2D eigenvalue weighted by atomic mass is 9.87. The molecule has 132 valence electrons. The molecule has 24 heavy (non-hydrogen) atoms. The number of hydrogen-bond donors (Lipinski definition) is 1. The van der Waals surface area contributed by atoms with Crippen LogP contribution in [-0.4, -0.2) is 50.4 Å². The number of aliphatic hydroxyl groups is 1. The Labute approximate surface area is 140 Å². The topological polar surface area (TPSA) is 83.9 Å². The van der Waals surface area contributed by atoms with E-state index in [2.05, 4.69) is 0 Å². The van der Waals surface area contributed by atoms with Crippen LogP contribution in [0.3, 0.4) is 0 Å². The Hall–Kier alpha value is -1.67. The number of ether oxygens (including phenoxy) is 1. The van der Waals surface area contributed by atoms with Crippen LogP contribution in [0.15, 0.2) is 18.2 Å². The first-order chi connectivity index (χ1) is 11.2. The van der Waals surface area contributed by atoms with Crippen LogP contribution in [0.2, 0.25) is 0 Å². The maximum absolute atomic E-state index is 15.2. The van der Waals surface area contributed by atoms with Gasteiger partial charge in [-0.1, -0.05) is 6.07 Å². The first-order valence-corrected chi connectivity index (χ1v) is 9.66. The van der Waals surface area contributed by atoms with Gasteiger partial charge in [-0.05, 0) is 43.0 Å². The second-order valence-corrected chi connectivity index (χ2v) is 8.72. The van der Waals surface area contributed by atoms with Crippen LogP contribution >= 0.6 is 0 Å². The van der Waals surface area contributed by atoms with Crippen LogP contribution in [0.4, 0.5) is 14.9 Å². The van der Waals surface area contributed by atoms with Gasteiger partial charge in [-0.25, -0.2) is 17.6 Å². The van der Waals surface area contributed by atoms with Crippen molar-refractivity contribution in [2.24, 2.45) is 0 Å². The predicted octanol–water partition coefficient (Wildman–Crippen LogP) is 1.69. The molecular weight excluding hydrogens is 337 g/mol. The van der Waals surface area contributed by atoms with Crippen molar-refractivity contribution in [3.8, 4) is 0 Å². The minimum atomic E-state index is -3.15. The Bertz CT molecular complexity index is 750. The highest BCUT2D eigenvalue weighted by atomic mass is 32.2. The van der Waals surface area contributed by atoms with Gasteiger partial charge in [-0.3, -0.25) is 4.90 Å². The first-order valence-electron chi connectivity index (χ1n) is 7.83. The van der Waals surface area contributed by atoms with Gasteiger partial charge in [-0.15, -0.1) is 0 Å². The fraction of sp³-hybridized carbons (Fsp3) is 0.562. The van der Waals surface area contributed by atoms with E-state index < -0.39 is 27.7 Å². The van der Waals surface area contributed by atoms with Crippen molar-refractivity contribution in [3.63, 3.8) is 0 Å². The number of nitrogens with zero attached hydrogens (tertiary/aromatic N) is 1. The molecule has 1 N–H and O–H groups in total. The number of alkyl halides is 1. The summed E-state index contributed by atoms with van der Waals surface area (Å²) in [7, 11) is -3.15. The number of rotatable bonds is 3. The monoisotopic (exact) mass is 357 g/mol. The molecule has 1 aromatic carbocycles. The summed E-state index contributed by atoms with van der Waals surface area (Å²) in [5.74, 6) is -0.303. The Morgan fingerprint density at radius 2 is 2.04 bits per heavy atom. The maximum atomic E-state index is 15.2. The molecule has 0 aliphatic carbocycles. The lowest BCUT2D eigenvalue weighted by Crippen LogP contribution is -2.34. The number of hydrogen-bond acceptors (Lipinski definition) is 5. The molecule has 0 bridgehead atoms. The van der Waals surface area contributed by atoms with Crippen LogP contribution in [0.1, 0.15) is 24.0 Å². The lowest BCUT2D eigenvalue weighted by Gasteiger charge is -2.31. The molecule has 1 atom stereocenters. The number of cyclic esters (lactones) is 1. The molecule has 0 aromatic heterocycles. The molecule has 2 fully saturated rings. The molecule has 8 heteroatoms. The third-order valence-electron chi connectivity index (χ3n) is 4.70. The molecule has 1 aromatic rings. The summed E-state index contributed by atoms with van der Waals surface area (Å²) >= 11 is 0. The molecular formula is C16H20FNO5S. The van der Waals surface area contributed by atoms with E-state index in [1.807, 2.05) is 0 Å². The second-order valence-electron chi connectivity index (χ2n) is 6.42. The number of aliphatic hydroxyl groups excluding tert-OH is 1. The number of anilines is 1. The van der Waals surface area contributed by atoms with Crippen LogP contribution < -0.4 is 4.90 Å². The number of carbonyl (C=O) groups excluding carboxylic acids is 1. The van der Waals surface area contributed by atoms with Gasteiger partial charge in [0.25, 0.3) is 0 Å². The van der Waals surface area contributed by atoms with E-state index >= 15 is 4.39 Å². The molecule has 3 rings (SSSR count). The van der Waals surface area contributed by atoms with Crippen LogP contribution in [0, 0.1) is 6.92 Å². The zero-order valence-electron chi connectivity index (χ0n) is 13.4. The highest BCUT2D eigenvalue weighted by Gasteiger charge is 2.40. The van der Waals surface area contributed by atoms with E-state index in [1.54, 1.807) is 25.1 Å². The van der Waals surface area contributed by atoms with E-state index in [0.717, 1.165) is 0 Å². The number of aryl methyl sites for hydroxylation is 1. The predicted molar refractivity (Wildman–Crippen MR) is 86.6 cm³/mol. The molecule has 2 aliphatic heterocycles. The van der Waals surface area contributed by atoms with Gasteiger partial charge in [0, 0.05) is 5.69 Å². The summed E-state index contributed by atoms with van der Waals surface area (Å²) in [6.45, 7) is 1.74. The smallest absolute Gasteiger partial charge is 0.414 e. The molecule has 0 saturated carbocycles. The highest BCUT2D eigenvalue weighted by molar-refractivity contribution is 7.91. The number of halogens is 1. The summed E-state index contributed by atoms with van der Waals surface area (Å²) in [6, 6.07) is 4.94. The van der Waals surface area contributed by atoms with Crippen LogP contribution in [0.25, 0.3) is 0 Å². The minimum Gasteiger partial charge on any atom is -0.441 e. The zero-order chi connectivity index (χ0) is 17.5. The summed E-state index contributed by atoms with van der Waals surface area (Å²) in [4.78, 5) is 13.2. The van der Waals surface area contributed by atoms with Crippen molar-refractivity contribution >= 4 is 21.6 Å². The van der Waals surface area contributed by atoms with Crippen LogP contribution in [-0.2, 0) is 20.2 Å². The van der Waals surface area contributed by atoms with Crippen molar-refractivity contribution in [1.29, 1.82) is 0 Å². The highest BCUT2D eigenvalue weighted by Crippen LogP contribution is 2.40. The molecule has 0 unspecified atom stereocenters. The summed E-state index contributed by atoms with van der Waals surface area (Å²) in [5, 5.41) is 9.09. The Kier molecular flexibility index (Phi) is 4.29. The van der Waals surface area contributed by atoms with Crippen molar-refractivity contribution in [3.05, 3.63) is 29.3 Å². The second kappa shape index (κ2) is 6.00. The van der Waals surface area contributed by atoms with Gasteiger partial charge in [0.1, 0.15) is 11.8 Å². The average molecular weight is 357 g/mol. The van der Waals surface area contributed by atoms with Crippen LogP contribution in [0.5, 0.6) is 0 Å². The summed E-state index contributed by atoms with van der Waals surface area (Å²) in [5.41, 5.74) is 0.0405. The SMILES string of the molecule is Cc1cc(N2C[C@H](CO)OC2=O)ccc1C1(F)CCS(=O)(=O)CC1. The largest absolute Gasteiger partial charge is 0.441 e. The Morgan fingerprint density at radius 3 is 2.58 bits per heavy atom. The first kappa shape index (κ1) is 17.2. The van der Waals surface area contributed by atoms with Crippen molar-refractivity contribution in [2.75, 3.05) is 29.6 Å². The van der Waals surface area contributed by atoms with E-state index in [0.29, 0.717) is 16.8 Å². The van der Waals surface area contributed by atoms with E-state index in [9.17, 15) is 13.2 Å². The van der Waals surface area contributed by atoms with Gasteiger partial charge < -0.3 is 9.84 Å². The van der Waals surface area contributed by atoms with E-state index in [1.165, 1.54) is 4.90 Å². The van der Waals surface area contributed by atoms with Crippen molar-refractivity contribution in [2.45, 2.75) is 31.5 Å². The minimum absolute atomic E-state index is 0.0478. The normalized spacial score (nSPS) is 25.5. The summed E-state index contributed by atoms with van der Waals surface area (Å²) < 4.78 is 43.3. The number of benzene rings is 1. The average Bonchev–Trinajstić information content (AvgIpc) is 2.91. The third kappa shape index (κ3) is 3.12. The standard InChI is InChI=1S/C16H20FNO5S/c1-11-8-12(18-9-13(10-19)23-15(18)20)2-3-14(11)16(17)4-6-24(21,22)7-5-16/h2-3,8,13,19H,4-7,9-10H2,1H3/t13-/m1/s1. The molecule has 6 nitrogen and oxygen atoms in total. The molecule has 2 heterocycles. The fourth-order valence-corrected chi connectivity index (χ4v) is 4.75. The van der Waals surface area contributed by atoms with Crippen molar-refractivity contribution in [1.82, 2.24) is 0 Å². The zero-order valence-corrected chi connectivity index (χ0v) is 14.2. The molecule has 2 saturated heterocycles. The van der Waals surface area contributed by atoms with Crippen molar-refractivity contribution < 1.29 is 27.4 Å². The van der Waals surface area contributed by atoms with Gasteiger partial charge in [0.15, 0.2) is 9.84 Å². The molecule has 0 spiro atoms. The molecule has 0 radical (unpaired) electrons. The Balaban J connectivity index is 1.84.